The average Bonchev–Trinajstić information content (AvgIpc) is 2.35. The molecule has 1 fully saturated rings. The first-order valence-corrected chi connectivity index (χ1v) is 6.42. The molecular weight excluding hydrogens is 254 g/mol. The fourth-order valence-corrected chi connectivity index (χ4v) is 2.43. The topological polar surface area (TPSA) is 58.1 Å². The average molecular weight is 270 g/mol. The summed E-state index contributed by atoms with van der Waals surface area (Å²) in [5.41, 5.74) is -0.429. The second kappa shape index (κ2) is 5.44. The maximum Gasteiger partial charge on any atom is 0.348 e. The van der Waals surface area contributed by atoms with Gasteiger partial charge in [0.1, 0.15) is 5.15 Å². The largest absolute Gasteiger partial charge is 0.348 e. The number of nitrogens with one attached hydrogen (secondary N) is 1. The lowest BCUT2D eigenvalue weighted by atomic mass is 10.2. The van der Waals surface area contributed by atoms with Crippen LogP contribution in [0.4, 0.5) is 0 Å². The Bertz CT molecular complexity index is 555. The number of halogens is 1. The molecule has 6 heteroatoms. The zero-order chi connectivity index (χ0) is 13.1. The standard InChI is InChI=1S/C12H16ClN3O2/c1-2-6-9-10(13)14-12(18)16(11(9)17)15-7-4-3-5-8-15/h2H,1,3-8H2,(H,14,18). The molecule has 2 heterocycles. The highest BCUT2D eigenvalue weighted by atomic mass is 35.5. The van der Waals surface area contributed by atoms with Crippen molar-refractivity contribution in [2.75, 3.05) is 18.1 Å². The summed E-state index contributed by atoms with van der Waals surface area (Å²) in [5.74, 6) is 0. The van der Waals surface area contributed by atoms with Gasteiger partial charge in [0.05, 0.1) is 5.56 Å². The Morgan fingerprint density at radius 2 is 1.94 bits per heavy atom. The summed E-state index contributed by atoms with van der Waals surface area (Å²) in [7, 11) is 0. The van der Waals surface area contributed by atoms with E-state index in [1.807, 2.05) is 0 Å². The van der Waals surface area contributed by atoms with E-state index in [4.69, 9.17) is 11.6 Å². The molecule has 0 bridgehead atoms. The van der Waals surface area contributed by atoms with E-state index in [9.17, 15) is 9.59 Å². The Labute approximate surface area is 110 Å². The third-order valence-corrected chi connectivity index (χ3v) is 3.41. The number of hydrogen-bond acceptors (Lipinski definition) is 3. The van der Waals surface area contributed by atoms with Crippen molar-refractivity contribution >= 4 is 11.6 Å². The van der Waals surface area contributed by atoms with Crippen LogP contribution in [0.2, 0.25) is 5.15 Å². The highest BCUT2D eigenvalue weighted by Crippen LogP contribution is 2.09. The van der Waals surface area contributed by atoms with Crippen LogP contribution in [0.1, 0.15) is 24.8 Å². The first-order valence-electron chi connectivity index (χ1n) is 6.05. The third kappa shape index (κ3) is 2.36. The van der Waals surface area contributed by atoms with E-state index >= 15 is 0 Å². The first kappa shape index (κ1) is 13.0. The predicted octanol–water partition coefficient (Wildman–Crippen LogP) is 1.04. The highest BCUT2D eigenvalue weighted by Gasteiger charge is 2.18. The minimum absolute atomic E-state index is 0.109. The molecule has 18 heavy (non-hydrogen) atoms. The van der Waals surface area contributed by atoms with Gasteiger partial charge in [0.25, 0.3) is 5.56 Å². The Kier molecular flexibility index (Phi) is 3.91. The number of aromatic amines is 1. The van der Waals surface area contributed by atoms with Gasteiger partial charge in [-0.2, -0.15) is 4.68 Å². The predicted molar refractivity (Wildman–Crippen MR) is 72.0 cm³/mol. The van der Waals surface area contributed by atoms with Crippen molar-refractivity contribution in [2.45, 2.75) is 25.7 Å². The lowest BCUT2D eigenvalue weighted by molar-refractivity contribution is 0.455. The van der Waals surface area contributed by atoms with Crippen molar-refractivity contribution in [1.82, 2.24) is 9.66 Å². The minimum Gasteiger partial charge on any atom is -0.306 e. The van der Waals surface area contributed by atoms with E-state index in [0.717, 1.165) is 32.4 Å². The van der Waals surface area contributed by atoms with Gasteiger partial charge in [-0.15, -0.1) is 6.58 Å². The number of nitrogens with zero attached hydrogens (tertiary/aromatic N) is 2. The van der Waals surface area contributed by atoms with Crippen molar-refractivity contribution < 1.29 is 0 Å². The van der Waals surface area contributed by atoms with Gasteiger partial charge in [-0.25, -0.2) is 4.79 Å². The second-order valence-electron chi connectivity index (χ2n) is 4.35. The van der Waals surface area contributed by atoms with Crippen LogP contribution in [0, 0.1) is 0 Å². The van der Waals surface area contributed by atoms with Gasteiger partial charge in [0.15, 0.2) is 0 Å². The number of H-pyrrole nitrogens is 1. The van der Waals surface area contributed by atoms with Crippen LogP contribution in [0.3, 0.4) is 0 Å². The Morgan fingerprint density at radius 3 is 2.56 bits per heavy atom. The Morgan fingerprint density at radius 1 is 1.28 bits per heavy atom. The molecule has 1 saturated heterocycles. The van der Waals surface area contributed by atoms with E-state index in [0.29, 0.717) is 12.0 Å². The first-order chi connectivity index (χ1) is 8.65. The minimum atomic E-state index is -0.472. The van der Waals surface area contributed by atoms with Gasteiger partial charge in [0, 0.05) is 13.1 Å². The maximum atomic E-state index is 12.3. The molecule has 0 aliphatic carbocycles. The van der Waals surface area contributed by atoms with Crippen LogP contribution in [0.5, 0.6) is 0 Å². The molecule has 0 aromatic carbocycles. The summed E-state index contributed by atoms with van der Waals surface area (Å²) in [6, 6.07) is 0. The molecular formula is C12H16ClN3O2. The summed E-state index contributed by atoms with van der Waals surface area (Å²) in [4.78, 5) is 26.7. The van der Waals surface area contributed by atoms with Crippen LogP contribution in [-0.2, 0) is 6.42 Å². The fraction of sp³-hybridized carbons (Fsp3) is 0.500. The Balaban J connectivity index is 2.52. The third-order valence-electron chi connectivity index (χ3n) is 3.09. The molecule has 1 aliphatic rings. The zero-order valence-electron chi connectivity index (χ0n) is 10.1. The van der Waals surface area contributed by atoms with Crippen LogP contribution >= 0.6 is 11.6 Å². The molecule has 1 aliphatic heterocycles. The van der Waals surface area contributed by atoms with Crippen molar-refractivity contribution in [2.24, 2.45) is 0 Å². The smallest absolute Gasteiger partial charge is 0.306 e. The van der Waals surface area contributed by atoms with Gasteiger partial charge in [-0.3, -0.25) is 9.78 Å². The van der Waals surface area contributed by atoms with Gasteiger partial charge < -0.3 is 5.01 Å². The lowest BCUT2D eigenvalue weighted by Gasteiger charge is -2.29. The second-order valence-corrected chi connectivity index (χ2v) is 4.72. The van der Waals surface area contributed by atoms with E-state index < -0.39 is 5.69 Å². The molecule has 1 aromatic rings. The van der Waals surface area contributed by atoms with E-state index in [1.54, 1.807) is 11.1 Å². The summed E-state index contributed by atoms with van der Waals surface area (Å²) < 4.78 is 1.17. The zero-order valence-corrected chi connectivity index (χ0v) is 10.9. The number of rotatable bonds is 3. The van der Waals surface area contributed by atoms with Crippen LogP contribution in [-0.4, -0.2) is 22.7 Å². The van der Waals surface area contributed by atoms with Crippen molar-refractivity contribution in [3.05, 3.63) is 44.2 Å². The molecule has 0 radical (unpaired) electrons. The normalized spacial score (nSPS) is 15.7. The molecule has 0 unspecified atom stereocenters. The highest BCUT2D eigenvalue weighted by molar-refractivity contribution is 6.30. The number of piperidine rings is 1. The van der Waals surface area contributed by atoms with Crippen LogP contribution < -0.4 is 16.3 Å². The number of hydrogen-bond donors (Lipinski definition) is 1. The van der Waals surface area contributed by atoms with Gasteiger partial charge >= 0.3 is 5.69 Å². The van der Waals surface area contributed by atoms with Gasteiger partial charge in [0.2, 0.25) is 0 Å². The molecule has 0 spiro atoms. The molecule has 1 N–H and O–H groups in total. The molecule has 5 nitrogen and oxygen atoms in total. The number of aromatic nitrogens is 2. The molecule has 98 valence electrons. The van der Waals surface area contributed by atoms with Crippen LogP contribution in [0.15, 0.2) is 22.2 Å². The summed E-state index contributed by atoms with van der Waals surface area (Å²) in [5, 5.41) is 1.89. The fourth-order valence-electron chi connectivity index (χ4n) is 2.19. The summed E-state index contributed by atoms with van der Waals surface area (Å²) in [6.07, 6.45) is 5.07. The van der Waals surface area contributed by atoms with Gasteiger partial charge in [-0.1, -0.05) is 17.7 Å². The quantitative estimate of drug-likeness (QED) is 0.659. The van der Waals surface area contributed by atoms with E-state index in [2.05, 4.69) is 11.6 Å². The number of allylic oxidation sites excluding steroid dienone is 1. The molecule has 2 rings (SSSR count). The van der Waals surface area contributed by atoms with Gasteiger partial charge in [-0.05, 0) is 25.7 Å². The SMILES string of the molecule is C=CCc1c(Cl)[nH]c(=O)n(N2CCCCC2)c1=O. The molecule has 0 amide bonds. The van der Waals surface area contributed by atoms with E-state index in [-0.39, 0.29) is 10.7 Å². The monoisotopic (exact) mass is 269 g/mol. The van der Waals surface area contributed by atoms with E-state index in [1.165, 1.54) is 4.68 Å². The lowest BCUT2D eigenvalue weighted by Crippen LogP contribution is -2.53. The molecule has 1 aromatic heterocycles. The van der Waals surface area contributed by atoms with Crippen molar-refractivity contribution in [3.63, 3.8) is 0 Å². The van der Waals surface area contributed by atoms with Crippen LogP contribution in [0.25, 0.3) is 0 Å². The molecule has 0 atom stereocenters. The molecule has 0 saturated carbocycles. The Hall–Kier alpha value is -1.49. The van der Waals surface area contributed by atoms with Crippen molar-refractivity contribution in [1.29, 1.82) is 0 Å². The van der Waals surface area contributed by atoms with Crippen molar-refractivity contribution in [3.8, 4) is 0 Å². The maximum absolute atomic E-state index is 12.3. The summed E-state index contributed by atoms with van der Waals surface area (Å²) >= 11 is 5.89. The summed E-state index contributed by atoms with van der Waals surface area (Å²) in [6.45, 7) is 5.03.